The molecular formula is C13H11I2NS2. The summed E-state index contributed by atoms with van der Waals surface area (Å²) in [5.74, 6) is 0. The molecular weight excluding hydrogens is 488 g/mol. The molecule has 0 saturated carbocycles. The average molecular weight is 499 g/mol. The number of benzene rings is 1. The van der Waals surface area contributed by atoms with Crippen molar-refractivity contribution in [2.24, 2.45) is 0 Å². The molecule has 94 valence electrons. The van der Waals surface area contributed by atoms with Gasteiger partial charge < -0.3 is 0 Å². The summed E-state index contributed by atoms with van der Waals surface area (Å²) in [5, 5.41) is 0. The highest BCUT2D eigenvalue weighted by Crippen LogP contribution is 2.33. The highest BCUT2D eigenvalue weighted by atomic mass is 127. The van der Waals surface area contributed by atoms with Crippen LogP contribution in [0.2, 0.25) is 0 Å². The van der Waals surface area contributed by atoms with Crippen molar-refractivity contribution in [3.63, 3.8) is 0 Å². The number of thiazole rings is 1. The number of para-hydroxylation sites is 1. The maximum atomic E-state index is 5.60. The molecule has 1 aliphatic rings. The van der Waals surface area contributed by atoms with Gasteiger partial charge in [-0.15, -0.1) is 11.3 Å². The van der Waals surface area contributed by atoms with Crippen LogP contribution in [-0.4, -0.2) is 4.57 Å². The van der Waals surface area contributed by atoms with E-state index in [1.807, 2.05) is 0 Å². The maximum absolute atomic E-state index is 5.60. The molecule has 3 rings (SSSR count). The van der Waals surface area contributed by atoms with Crippen LogP contribution in [0.25, 0.3) is 5.69 Å². The third-order valence-corrected chi connectivity index (χ3v) is 6.43. The largest absolute Gasteiger partial charge is 0.293 e. The van der Waals surface area contributed by atoms with Gasteiger partial charge in [-0.25, -0.2) is 0 Å². The fourth-order valence-corrected chi connectivity index (χ4v) is 5.96. The van der Waals surface area contributed by atoms with E-state index in [9.17, 15) is 0 Å². The molecule has 0 aliphatic heterocycles. The minimum absolute atomic E-state index is 1.00. The molecule has 1 aromatic heterocycles. The Bertz CT molecular complexity index is 637. The van der Waals surface area contributed by atoms with E-state index in [4.69, 9.17) is 12.2 Å². The van der Waals surface area contributed by atoms with Crippen LogP contribution < -0.4 is 0 Å². The monoisotopic (exact) mass is 499 g/mol. The molecule has 1 heterocycles. The number of rotatable bonds is 1. The van der Waals surface area contributed by atoms with Crippen molar-refractivity contribution in [2.75, 3.05) is 0 Å². The quantitative estimate of drug-likeness (QED) is 0.378. The summed E-state index contributed by atoms with van der Waals surface area (Å²) in [6.45, 7) is 0. The first-order valence-corrected chi connectivity index (χ1v) is 9.24. The van der Waals surface area contributed by atoms with Gasteiger partial charge in [0.05, 0.1) is 5.69 Å². The van der Waals surface area contributed by atoms with Gasteiger partial charge in [-0.1, -0.05) is 6.07 Å². The molecule has 0 radical (unpaired) electrons. The van der Waals surface area contributed by atoms with Gasteiger partial charge in [0, 0.05) is 17.7 Å². The second-order valence-corrected chi connectivity index (χ2v) is 8.40. The van der Waals surface area contributed by atoms with Gasteiger partial charge in [0.1, 0.15) is 0 Å². The molecule has 0 amide bonds. The number of hydrogen-bond donors (Lipinski definition) is 0. The fraction of sp³-hybridized carbons (Fsp3) is 0.308. The van der Waals surface area contributed by atoms with Crippen LogP contribution >= 0.6 is 68.7 Å². The van der Waals surface area contributed by atoms with Crippen molar-refractivity contribution in [1.29, 1.82) is 0 Å². The lowest BCUT2D eigenvalue weighted by molar-refractivity contribution is 0.665. The molecule has 0 N–H and O–H groups in total. The molecule has 0 atom stereocenters. The van der Waals surface area contributed by atoms with Crippen LogP contribution in [0.15, 0.2) is 18.2 Å². The Kier molecular flexibility index (Phi) is 4.12. The number of aromatic nitrogens is 1. The second kappa shape index (κ2) is 5.49. The SMILES string of the molecule is S=c1sc2c(n1-c1c(I)cccc1I)CCCC2. The first-order chi connectivity index (χ1) is 8.68. The standard InChI is InChI=1S/C13H11I2NS2/c14-8-4-3-5-9(15)12(8)16-10-6-1-2-7-11(10)18-13(16)17/h3-5H,1-2,6-7H2. The predicted octanol–water partition coefficient (Wildman–Crippen LogP) is 5.36. The van der Waals surface area contributed by atoms with Crippen LogP contribution in [0.5, 0.6) is 0 Å². The normalized spacial score (nSPS) is 14.6. The second-order valence-electron chi connectivity index (χ2n) is 4.35. The zero-order chi connectivity index (χ0) is 12.7. The molecule has 1 aliphatic carbocycles. The van der Waals surface area contributed by atoms with Crippen LogP contribution in [-0.2, 0) is 12.8 Å². The molecule has 0 saturated heterocycles. The van der Waals surface area contributed by atoms with E-state index in [0.717, 1.165) is 3.95 Å². The topological polar surface area (TPSA) is 4.93 Å². The number of halogens is 2. The lowest BCUT2D eigenvalue weighted by atomic mass is 10.0. The zero-order valence-electron chi connectivity index (χ0n) is 9.58. The van der Waals surface area contributed by atoms with Crippen molar-refractivity contribution in [3.8, 4) is 5.69 Å². The molecule has 1 aromatic carbocycles. The Labute approximate surface area is 143 Å². The van der Waals surface area contributed by atoms with Gasteiger partial charge in [-0.05, 0) is 95.2 Å². The van der Waals surface area contributed by atoms with Gasteiger partial charge in [0.25, 0.3) is 0 Å². The number of hydrogen-bond acceptors (Lipinski definition) is 2. The summed E-state index contributed by atoms with van der Waals surface area (Å²) >= 11 is 12.2. The first-order valence-electron chi connectivity index (χ1n) is 5.86. The predicted molar refractivity (Wildman–Crippen MR) is 96.6 cm³/mol. The van der Waals surface area contributed by atoms with Crippen LogP contribution in [0.3, 0.4) is 0 Å². The summed E-state index contributed by atoms with van der Waals surface area (Å²) < 4.78 is 5.88. The molecule has 1 nitrogen and oxygen atoms in total. The number of aryl methyl sites for hydroxylation is 1. The van der Waals surface area contributed by atoms with E-state index in [1.165, 1.54) is 49.1 Å². The number of nitrogens with zero attached hydrogens (tertiary/aromatic N) is 1. The van der Waals surface area contributed by atoms with Gasteiger partial charge in [-0.3, -0.25) is 4.57 Å². The Morgan fingerprint density at radius 3 is 2.50 bits per heavy atom. The Hall–Kier alpha value is 0.530. The highest BCUT2D eigenvalue weighted by molar-refractivity contribution is 14.1. The van der Waals surface area contributed by atoms with Gasteiger partial charge in [0.15, 0.2) is 3.95 Å². The van der Waals surface area contributed by atoms with Crippen molar-refractivity contribution in [3.05, 3.63) is 39.9 Å². The molecule has 18 heavy (non-hydrogen) atoms. The van der Waals surface area contributed by atoms with Gasteiger partial charge >= 0.3 is 0 Å². The van der Waals surface area contributed by atoms with Crippen LogP contribution in [0, 0.1) is 11.1 Å². The summed E-state index contributed by atoms with van der Waals surface area (Å²) in [4.78, 5) is 1.50. The van der Waals surface area contributed by atoms with Crippen molar-refractivity contribution in [1.82, 2.24) is 4.57 Å². The molecule has 0 bridgehead atoms. The lowest BCUT2D eigenvalue weighted by Gasteiger charge is -2.16. The van der Waals surface area contributed by atoms with Gasteiger partial charge in [-0.2, -0.15) is 0 Å². The third kappa shape index (κ3) is 2.31. The Balaban J connectivity index is 2.29. The summed E-state index contributed by atoms with van der Waals surface area (Å²) in [7, 11) is 0. The fourth-order valence-electron chi connectivity index (χ4n) is 2.40. The summed E-state index contributed by atoms with van der Waals surface area (Å²) in [5.41, 5.74) is 2.74. The van der Waals surface area contributed by atoms with Crippen molar-refractivity contribution < 1.29 is 0 Å². The highest BCUT2D eigenvalue weighted by Gasteiger charge is 2.19. The Morgan fingerprint density at radius 2 is 1.78 bits per heavy atom. The molecule has 5 heteroatoms. The smallest absolute Gasteiger partial charge is 0.166 e. The van der Waals surface area contributed by atoms with E-state index in [1.54, 1.807) is 11.3 Å². The summed E-state index contributed by atoms with van der Waals surface area (Å²) in [6, 6.07) is 6.43. The minimum Gasteiger partial charge on any atom is -0.293 e. The third-order valence-electron chi connectivity index (χ3n) is 3.21. The molecule has 2 aromatic rings. The average Bonchev–Trinajstić information content (AvgIpc) is 2.66. The van der Waals surface area contributed by atoms with Gasteiger partial charge in [0.2, 0.25) is 0 Å². The van der Waals surface area contributed by atoms with E-state index in [-0.39, 0.29) is 0 Å². The maximum Gasteiger partial charge on any atom is 0.166 e. The Morgan fingerprint density at radius 1 is 1.11 bits per heavy atom. The van der Waals surface area contributed by atoms with E-state index >= 15 is 0 Å². The summed E-state index contributed by atoms with van der Waals surface area (Å²) in [6.07, 6.45) is 4.98. The molecule has 0 unspecified atom stereocenters. The molecule has 0 spiro atoms. The first kappa shape index (κ1) is 13.5. The van der Waals surface area contributed by atoms with E-state index in [2.05, 4.69) is 67.9 Å². The zero-order valence-corrected chi connectivity index (χ0v) is 15.5. The van der Waals surface area contributed by atoms with Crippen LogP contribution in [0.4, 0.5) is 0 Å². The van der Waals surface area contributed by atoms with Crippen molar-refractivity contribution >= 4 is 68.7 Å². The molecule has 0 fully saturated rings. The van der Waals surface area contributed by atoms with Crippen LogP contribution in [0.1, 0.15) is 23.4 Å². The van der Waals surface area contributed by atoms with Crippen molar-refractivity contribution in [2.45, 2.75) is 25.7 Å². The minimum atomic E-state index is 1.00. The lowest BCUT2D eigenvalue weighted by Crippen LogP contribution is -2.09. The van der Waals surface area contributed by atoms with E-state index < -0.39 is 0 Å². The number of fused-ring (bicyclic) bond motifs is 1. The van der Waals surface area contributed by atoms with E-state index in [0.29, 0.717) is 0 Å².